The van der Waals surface area contributed by atoms with Crippen molar-refractivity contribution in [2.75, 3.05) is 26.2 Å². The van der Waals surface area contributed by atoms with E-state index in [2.05, 4.69) is 21.8 Å². The molecule has 1 N–H and O–H groups in total. The molecule has 1 saturated carbocycles. The van der Waals surface area contributed by atoms with Gasteiger partial charge in [0.1, 0.15) is 5.78 Å². The largest absolute Gasteiger partial charge is 0.340 e. The van der Waals surface area contributed by atoms with Crippen molar-refractivity contribution in [3.63, 3.8) is 0 Å². The molecule has 2 atom stereocenters. The summed E-state index contributed by atoms with van der Waals surface area (Å²) in [6.45, 7) is 7.04. The Bertz CT molecular complexity index is 991. The summed E-state index contributed by atoms with van der Waals surface area (Å²) in [5.74, 6) is 0.240. The second-order valence-electron chi connectivity index (χ2n) is 8.19. The van der Waals surface area contributed by atoms with Gasteiger partial charge in [-0.05, 0) is 37.5 Å². The van der Waals surface area contributed by atoms with Gasteiger partial charge in [-0.15, -0.1) is 0 Å². The van der Waals surface area contributed by atoms with Gasteiger partial charge in [-0.3, -0.25) is 24.3 Å². The molecule has 3 heterocycles. The maximum absolute atomic E-state index is 12.6. The number of aromatic nitrogens is 2. The van der Waals surface area contributed by atoms with Gasteiger partial charge >= 0.3 is 0 Å². The molecule has 1 aliphatic heterocycles. The summed E-state index contributed by atoms with van der Waals surface area (Å²) in [5, 5.41) is 0. The lowest BCUT2D eigenvalue weighted by atomic mass is 10.0. The summed E-state index contributed by atoms with van der Waals surface area (Å²) in [6, 6.07) is 4.02. The number of nitrogens with zero attached hydrogens (tertiary/aromatic N) is 3. The van der Waals surface area contributed by atoms with Crippen LogP contribution in [-0.4, -0.2) is 57.6 Å². The summed E-state index contributed by atoms with van der Waals surface area (Å²) < 4.78 is 0. The van der Waals surface area contributed by atoms with Crippen LogP contribution in [0.5, 0.6) is 0 Å². The molecule has 1 aliphatic carbocycles. The average Bonchev–Trinajstić information content (AvgIpc) is 3.18. The third-order valence-corrected chi connectivity index (χ3v) is 6.42. The Balaban J connectivity index is 1.42. The molecule has 0 aromatic carbocycles. The number of nitrogens with one attached hydrogen (secondary N) is 1. The lowest BCUT2D eigenvalue weighted by molar-refractivity contribution is -0.138. The standard InChI is InChI=1S/C22H28N4O3/c1-3-15-11-19-20(24-21(15)28)12-17(13-23-19)14(2)25-6-8-26(9-7-25)22(29)16-4-5-18(27)10-16/h11-14,16H,3-10H2,1-2H3,(H,24,28)/t14-,16-/m0/s1. The lowest BCUT2D eigenvalue weighted by Crippen LogP contribution is -2.50. The zero-order valence-corrected chi connectivity index (χ0v) is 17.1. The number of carbonyl (C=O) groups excluding carboxylic acids is 2. The van der Waals surface area contributed by atoms with E-state index in [1.165, 1.54) is 0 Å². The van der Waals surface area contributed by atoms with Crippen LogP contribution in [0.2, 0.25) is 0 Å². The van der Waals surface area contributed by atoms with E-state index in [-0.39, 0.29) is 29.2 Å². The van der Waals surface area contributed by atoms with Gasteiger partial charge < -0.3 is 9.88 Å². The highest BCUT2D eigenvalue weighted by atomic mass is 16.2. The van der Waals surface area contributed by atoms with E-state index >= 15 is 0 Å². The van der Waals surface area contributed by atoms with Gasteiger partial charge in [0.2, 0.25) is 5.91 Å². The molecule has 2 aromatic rings. The molecular weight excluding hydrogens is 368 g/mol. The van der Waals surface area contributed by atoms with Crippen molar-refractivity contribution in [3.05, 3.63) is 39.8 Å². The van der Waals surface area contributed by atoms with Crippen LogP contribution in [0, 0.1) is 5.92 Å². The van der Waals surface area contributed by atoms with Gasteiger partial charge in [-0.25, -0.2) is 0 Å². The SMILES string of the molecule is CCc1cc2ncc([C@H](C)N3CCN(C(=O)[C@H]4CCC(=O)C4)CC3)cc2[nH]c1=O. The minimum Gasteiger partial charge on any atom is -0.340 e. The Morgan fingerprint density at radius 2 is 2.00 bits per heavy atom. The number of piperazine rings is 1. The highest BCUT2D eigenvalue weighted by molar-refractivity contribution is 5.90. The van der Waals surface area contributed by atoms with Gasteiger partial charge in [0.25, 0.3) is 5.56 Å². The summed E-state index contributed by atoms with van der Waals surface area (Å²) in [4.78, 5) is 48.0. The van der Waals surface area contributed by atoms with Crippen molar-refractivity contribution >= 4 is 22.7 Å². The molecule has 29 heavy (non-hydrogen) atoms. The molecule has 154 valence electrons. The number of amides is 1. The maximum Gasteiger partial charge on any atom is 0.251 e. The molecule has 0 bridgehead atoms. The molecule has 1 saturated heterocycles. The Kier molecular flexibility index (Phi) is 5.50. The molecule has 2 fully saturated rings. The van der Waals surface area contributed by atoms with Gasteiger partial charge in [-0.1, -0.05) is 6.92 Å². The van der Waals surface area contributed by atoms with E-state index in [1.807, 2.05) is 30.2 Å². The summed E-state index contributed by atoms with van der Waals surface area (Å²) in [6.07, 6.45) is 4.23. The van der Waals surface area contributed by atoms with Crippen LogP contribution in [0.25, 0.3) is 11.0 Å². The predicted octanol–water partition coefficient (Wildman–Crippen LogP) is 2.06. The number of H-pyrrole nitrogens is 1. The number of aryl methyl sites for hydroxylation is 1. The van der Waals surface area contributed by atoms with Crippen molar-refractivity contribution < 1.29 is 9.59 Å². The smallest absolute Gasteiger partial charge is 0.251 e. The summed E-state index contributed by atoms with van der Waals surface area (Å²) in [5.41, 5.74) is 3.31. The fourth-order valence-electron chi connectivity index (χ4n) is 4.45. The molecule has 0 unspecified atom stereocenters. The van der Waals surface area contributed by atoms with Gasteiger partial charge in [0.05, 0.1) is 11.0 Å². The van der Waals surface area contributed by atoms with Crippen LogP contribution in [0.3, 0.4) is 0 Å². The molecular formula is C22H28N4O3. The van der Waals surface area contributed by atoms with E-state index in [1.54, 1.807) is 0 Å². The number of aromatic amines is 1. The van der Waals surface area contributed by atoms with Crippen molar-refractivity contribution in [3.8, 4) is 0 Å². The Hall–Kier alpha value is -2.54. The van der Waals surface area contributed by atoms with Gasteiger partial charge in [-0.2, -0.15) is 0 Å². The number of pyridine rings is 2. The zero-order chi connectivity index (χ0) is 20.5. The second kappa shape index (κ2) is 8.06. The molecule has 0 radical (unpaired) electrons. The third-order valence-electron chi connectivity index (χ3n) is 6.42. The van der Waals surface area contributed by atoms with E-state index < -0.39 is 0 Å². The molecule has 0 spiro atoms. The number of hydrogen-bond acceptors (Lipinski definition) is 5. The van der Waals surface area contributed by atoms with Crippen LogP contribution >= 0.6 is 0 Å². The predicted molar refractivity (Wildman–Crippen MR) is 111 cm³/mol. The Labute approximate surface area is 170 Å². The van der Waals surface area contributed by atoms with E-state index in [4.69, 9.17) is 0 Å². The summed E-state index contributed by atoms with van der Waals surface area (Å²) in [7, 11) is 0. The van der Waals surface area contributed by atoms with Crippen LogP contribution < -0.4 is 5.56 Å². The van der Waals surface area contributed by atoms with Crippen LogP contribution in [0.15, 0.2) is 23.1 Å². The minimum absolute atomic E-state index is 0.0517. The zero-order valence-electron chi connectivity index (χ0n) is 17.1. The van der Waals surface area contributed by atoms with Gasteiger partial charge in [0, 0.05) is 62.7 Å². The number of carbonyl (C=O) groups is 2. The number of hydrogen-bond donors (Lipinski definition) is 1. The highest BCUT2D eigenvalue weighted by Gasteiger charge is 2.33. The fraction of sp³-hybridized carbons (Fsp3) is 0.545. The van der Waals surface area contributed by atoms with Gasteiger partial charge in [0.15, 0.2) is 0 Å². The second-order valence-corrected chi connectivity index (χ2v) is 8.19. The summed E-state index contributed by atoms with van der Waals surface area (Å²) >= 11 is 0. The van der Waals surface area contributed by atoms with Crippen molar-refractivity contribution in [2.45, 2.75) is 45.6 Å². The maximum atomic E-state index is 12.6. The topological polar surface area (TPSA) is 86.4 Å². The molecule has 2 aliphatic rings. The minimum atomic E-state index is -0.110. The number of rotatable bonds is 4. The molecule has 7 nitrogen and oxygen atoms in total. The Morgan fingerprint density at radius 3 is 2.66 bits per heavy atom. The number of ketones is 1. The lowest BCUT2D eigenvalue weighted by Gasteiger charge is -2.39. The monoisotopic (exact) mass is 396 g/mol. The first kappa shape index (κ1) is 19.8. The molecule has 7 heteroatoms. The number of fused-ring (bicyclic) bond motifs is 1. The fourth-order valence-corrected chi connectivity index (χ4v) is 4.45. The van der Waals surface area contributed by atoms with Crippen LogP contribution in [0.1, 0.15) is 50.3 Å². The van der Waals surface area contributed by atoms with Crippen LogP contribution in [-0.2, 0) is 16.0 Å². The van der Waals surface area contributed by atoms with E-state index in [0.29, 0.717) is 38.8 Å². The van der Waals surface area contributed by atoms with E-state index in [9.17, 15) is 14.4 Å². The first-order valence-electron chi connectivity index (χ1n) is 10.5. The van der Waals surface area contributed by atoms with Crippen molar-refractivity contribution in [1.82, 2.24) is 19.8 Å². The first-order valence-corrected chi connectivity index (χ1v) is 10.5. The average molecular weight is 396 g/mol. The van der Waals surface area contributed by atoms with E-state index in [0.717, 1.165) is 35.2 Å². The molecule has 4 rings (SSSR count). The van der Waals surface area contributed by atoms with Crippen molar-refractivity contribution in [2.24, 2.45) is 5.92 Å². The third kappa shape index (κ3) is 3.96. The normalized spacial score (nSPS) is 21.7. The van der Waals surface area contributed by atoms with Crippen molar-refractivity contribution in [1.29, 1.82) is 0 Å². The Morgan fingerprint density at radius 1 is 1.24 bits per heavy atom. The molecule has 2 aromatic heterocycles. The number of Topliss-reactive ketones (excluding diaryl/α,β-unsaturated/α-hetero) is 1. The quantitative estimate of drug-likeness (QED) is 0.855. The highest BCUT2D eigenvalue weighted by Crippen LogP contribution is 2.27. The first-order chi connectivity index (χ1) is 14.0. The molecule has 1 amide bonds. The van der Waals surface area contributed by atoms with Crippen LogP contribution in [0.4, 0.5) is 0 Å².